The number of rotatable bonds is 13. The number of aliphatic carboxylic acids is 1. The Hall–Kier alpha value is -3.38. The van der Waals surface area contributed by atoms with Crippen LogP contribution in [-0.2, 0) is 11.2 Å². The average molecular weight is 530 g/mol. The van der Waals surface area contributed by atoms with E-state index < -0.39 is 12.6 Å². The van der Waals surface area contributed by atoms with Crippen molar-refractivity contribution < 1.29 is 49.0 Å². The van der Waals surface area contributed by atoms with E-state index in [1.54, 1.807) is 6.07 Å². The molecule has 0 aliphatic rings. The summed E-state index contributed by atoms with van der Waals surface area (Å²) >= 11 is 0. The fourth-order valence-corrected chi connectivity index (χ4v) is 4.67. The second-order valence-electron chi connectivity index (χ2n) is 9.23. The molecule has 0 N–H and O–H groups in total. The fraction of sp³-hybridized carbons (Fsp3) is 0.212. The zero-order valence-electron chi connectivity index (χ0n) is 22.4. The van der Waals surface area contributed by atoms with Gasteiger partial charge in [0.15, 0.2) is 0 Å². The minimum Gasteiger partial charge on any atom is -0.546 e. The minimum absolute atomic E-state index is 0. The van der Waals surface area contributed by atoms with Crippen LogP contribution in [0.5, 0.6) is 5.75 Å². The Morgan fingerprint density at radius 2 is 1.33 bits per heavy atom. The van der Waals surface area contributed by atoms with Gasteiger partial charge in [-0.15, -0.1) is 0 Å². The van der Waals surface area contributed by atoms with Crippen LogP contribution < -0.4 is 39.4 Å². The second kappa shape index (κ2) is 15.9. The van der Waals surface area contributed by atoms with Gasteiger partial charge < -0.3 is 19.5 Å². The topological polar surface area (TPSA) is 69.7 Å². The molecule has 0 fully saturated rings. The van der Waals surface area contributed by atoms with E-state index in [2.05, 4.69) is 48.5 Å². The number of aryl methyl sites for hydroxylation is 1. The van der Waals surface area contributed by atoms with Crippen LogP contribution in [0.25, 0.3) is 0 Å². The Morgan fingerprint density at radius 1 is 0.744 bits per heavy atom. The zero-order chi connectivity index (χ0) is 26.6. The molecular formula is C33H32NNaO4. The molecule has 1 amide bonds. The summed E-state index contributed by atoms with van der Waals surface area (Å²) < 4.78 is 5.25. The molecule has 0 heterocycles. The number of hydrogen-bond acceptors (Lipinski definition) is 4. The molecule has 4 aromatic carbocycles. The van der Waals surface area contributed by atoms with Crippen molar-refractivity contribution in [1.29, 1.82) is 0 Å². The predicted molar refractivity (Wildman–Crippen MR) is 147 cm³/mol. The van der Waals surface area contributed by atoms with Crippen molar-refractivity contribution in [3.8, 4) is 5.75 Å². The van der Waals surface area contributed by atoms with E-state index in [9.17, 15) is 14.7 Å². The van der Waals surface area contributed by atoms with Gasteiger partial charge in [0.25, 0.3) is 5.91 Å². The molecule has 0 spiro atoms. The minimum atomic E-state index is -1.25. The Morgan fingerprint density at radius 3 is 1.92 bits per heavy atom. The summed E-state index contributed by atoms with van der Waals surface area (Å²) in [7, 11) is 0. The van der Waals surface area contributed by atoms with Crippen LogP contribution in [0.4, 0.5) is 0 Å². The molecule has 39 heavy (non-hydrogen) atoms. The third-order valence-electron chi connectivity index (χ3n) is 6.55. The summed E-state index contributed by atoms with van der Waals surface area (Å²) in [5.41, 5.74) is 4.18. The number of amides is 1. The molecule has 0 saturated heterocycles. The number of ether oxygens (including phenoxy) is 1. The number of carboxylic acids is 1. The van der Waals surface area contributed by atoms with Gasteiger partial charge >= 0.3 is 29.6 Å². The molecule has 4 rings (SSSR count). The Balaban J connectivity index is 0.00000420. The maximum Gasteiger partial charge on any atom is 1.00 e. The van der Waals surface area contributed by atoms with E-state index in [4.69, 9.17) is 4.74 Å². The van der Waals surface area contributed by atoms with Gasteiger partial charge in [-0.3, -0.25) is 4.79 Å². The summed E-state index contributed by atoms with van der Waals surface area (Å²) in [6.07, 6.45) is 2.31. The number of nitrogens with zero attached hydrogens (tertiary/aromatic N) is 1. The standard InChI is InChI=1S/C33H33NO4.Na/c35-32(36)25-38-30-20-10-12-26(24-30)13-11-22-34(33(37)29-18-8-3-9-19-29)23-21-31(27-14-4-1-5-15-27)28-16-6-2-7-17-28;/h1-10,12,14-20,24,31H,11,13,21-23,25H2,(H,35,36);/q;+1/p-1. The van der Waals surface area contributed by atoms with E-state index in [0.717, 1.165) is 24.8 Å². The van der Waals surface area contributed by atoms with Crippen LogP contribution in [0, 0.1) is 0 Å². The van der Waals surface area contributed by atoms with Gasteiger partial charge in [0.1, 0.15) is 12.4 Å². The molecule has 0 unspecified atom stereocenters. The molecule has 4 aromatic rings. The smallest absolute Gasteiger partial charge is 0.546 e. The zero-order valence-corrected chi connectivity index (χ0v) is 24.4. The maximum absolute atomic E-state index is 13.5. The average Bonchev–Trinajstić information content (AvgIpc) is 2.97. The van der Waals surface area contributed by atoms with Crippen LogP contribution in [-0.4, -0.2) is 36.5 Å². The summed E-state index contributed by atoms with van der Waals surface area (Å²) in [5.74, 6) is -0.551. The van der Waals surface area contributed by atoms with E-state index in [-0.39, 0.29) is 41.4 Å². The monoisotopic (exact) mass is 529 g/mol. The number of hydrogen-bond donors (Lipinski definition) is 0. The van der Waals surface area contributed by atoms with Crippen molar-refractivity contribution in [1.82, 2.24) is 4.90 Å². The summed E-state index contributed by atoms with van der Waals surface area (Å²) in [6.45, 7) is 0.748. The number of carbonyl (C=O) groups is 2. The third-order valence-corrected chi connectivity index (χ3v) is 6.55. The number of carbonyl (C=O) groups excluding carboxylic acids is 2. The molecule has 0 radical (unpaired) electrons. The van der Waals surface area contributed by atoms with Gasteiger partial charge in [0, 0.05) is 24.6 Å². The predicted octanol–water partition coefficient (Wildman–Crippen LogP) is 2.12. The molecule has 0 bridgehead atoms. The van der Waals surface area contributed by atoms with Gasteiger partial charge in [-0.05, 0) is 60.2 Å². The molecule has 0 atom stereocenters. The third kappa shape index (κ3) is 9.39. The van der Waals surface area contributed by atoms with Crippen molar-refractivity contribution in [2.45, 2.75) is 25.2 Å². The molecule has 5 nitrogen and oxygen atoms in total. The summed E-state index contributed by atoms with van der Waals surface area (Å²) in [4.78, 5) is 26.2. The molecular weight excluding hydrogens is 497 g/mol. The SMILES string of the molecule is O=C([O-])COc1cccc(CCCN(CCC(c2ccccc2)c2ccccc2)C(=O)c2ccccc2)c1.[Na+]. The van der Waals surface area contributed by atoms with Gasteiger partial charge in [0.2, 0.25) is 0 Å². The van der Waals surface area contributed by atoms with Gasteiger partial charge in [-0.2, -0.15) is 0 Å². The first-order chi connectivity index (χ1) is 18.6. The van der Waals surface area contributed by atoms with Gasteiger partial charge in [-0.1, -0.05) is 91.0 Å². The quantitative estimate of drug-likeness (QED) is 0.249. The number of benzene rings is 4. The Labute approximate surface area is 252 Å². The van der Waals surface area contributed by atoms with E-state index in [1.807, 2.05) is 65.6 Å². The van der Waals surface area contributed by atoms with Gasteiger partial charge in [0.05, 0.1) is 5.97 Å². The van der Waals surface area contributed by atoms with E-state index in [1.165, 1.54) is 11.1 Å². The molecule has 6 heteroatoms. The number of carboxylic acid groups (broad SMARTS) is 1. The largest absolute Gasteiger partial charge is 1.00 e. The van der Waals surface area contributed by atoms with Crippen LogP contribution in [0.1, 0.15) is 45.8 Å². The van der Waals surface area contributed by atoms with Crippen molar-refractivity contribution in [2.24, 2.45) is 0 Å². The summed E-state index contributed by atoms with van der Waals surface area (Å²) in [5, 5.41) is 10.7. The Bertz CT molecular complexity index is 1260. The van der Waals surface area contributed by atoms with Crippen LogP contribution in [0.2, 0.25) is 0 Å². The second-order valence-corrected chi connectivity index (χ2v) is 9.23. The fourth-order valence-electron chi connectivity index (χ4n) is 4.67. The first-order valence-electron chi connectivity index (χ1n) is 13.0. The molecule has 194 valence electrons. The molecule has 0 aliphatic heterocycles. The summed E-state index contributed by atoms with van der Waals surface area (Å²) in [6, 6.07) is 37.7. The van der Waals surface area contributed by atoms with Crippen LogP contribution in [0.3, 0.4) is 0 Å². The van der Waals surface area contributed by atoms with Crippen LogP contribution >= 0.6 is 0 Å². The van der Waals surface area contributed by atoms with E-state index >= 15 is 0 Å². The first-order valence-corrected chi connectivity index (χ1v) is 13.0. The van der Waals surface area contributed by atoms with Gasteiger partial charge in [-0.25, -0.2) is 0 Å². The molecule has 0 aliphatic carbocycles. The maximum atomic E-state index is 13.5. The molecule has 0 saturated carbocycles. The molecule has 0 aromatic heterocycles. The first kappa shape index (κ1) is 30.2. The van der Waals surface area contributed by atoms with Crippen molar-refractivity contribution >= 4 is 11.9 Å². The normalized spacial score (nSPS) is 10.5. The van der Waals surface area contributed by atoms with Crippen molar-refractivity contribution in [3.05, 3.63) is 138 Å². The van der Waals surface area contributed by atoms with E-state index in [0.29, 0.717) is 24.4 Å². The van der Waals surface area contributed by atoms with Crippen molar-refractivity contribution in [3.63, 3.8) is 0 Å². The Kier molecular flexibility index (Phi) is 12.3. The van der Waals surface area contributed by atoms with Crippen LogP contribution in [0.15, 0.2) is 115 Å². The van der Waals surface area contributed by atoms with Crippen molar-refractivity contribution in [2.75, 3.05) is 19.7 Å².